The third-order valence-corrected chi connectivity index (χ3v) is 3.57. The average Bonchev–Trinajstić information content (AvgIpc) is 2.85. The topological polar surface area (TPSA) is 102 Å². The molecule has 1 aliphatic carbocycles. The van der Waals surface area contributed by atoms with Crippen molar-refractivity contribution in [3.05, 3.63) is 12.4 Å². The van der Waals surface area contributed by atoms with Crippen LogP contribution in [0, 0.1) is 5.92 Å². The minimum Gasteiger partial charge on any atom is -0.358 e. The number of nitrogens with zero attached hydrogens (tertiary/aromatic N) is 2. The van der Waals surface area contributed by atoms with Crippen molar-refractivity contribution in [1.29, 1.82) is 0 Å². The molecule has 0 aromatic carbocycles. The second-order valence-corrected chi connectivity index (χ2v) is 5.21. The number of carbonyl (C=O) groups is 2. The van der Waals surface area contributed by atoms with Crippen LogP contribution in [0.5, 0.6) is 0 Å². The van der Waals surface area contributed by atoms with Crippen molar-refractivity contribution in [2.24, 2.45) is 11.7 Å². The van der Waals surface area contributed by atoms with E-state index in [0.717, 1.165) is 25.7 Å². The van der Waals surface area contributed by atoms with Gasteiger partial charge in [0, 0.05) is 25.2 Å². The molecule has 1 aliphatic rings. The molecule has 0 radical (unpaired) electrons. The number of likely N-dealkylation sites (N-methyl/N-ethyl adjacent to an activating group) is 1. The summed E-state index contributed by atoms with van der Waals surface area (Å²) in [6.45, 7) is 0.140. The number of rotatable bonds is 4. The van der Waals surface area contributed by atoms with Gasteiger partial charge in [-0.1, -0.05) is 6.42 Å². The van der Waals surface area contributed by atoms with Crippen molar-refractivity contribution >= 4 is 29.9 Å². The molecule has 1 fully saturated rings. The molecule has 2 rings (SSSR count). The molecule has 1 heterocycles. The first-order valence-electron chi connectivity index (χ1n) is 6.88. The van der Waals surface area contributed by atoms with E-state index >= 15 is 0 Å². The molecule has 118 valence electrons. The summed E-state index contributed by atoms with van der Waals surface area (Å²) >= 11 is 0. The van der Waals surface area contributed by atoms with Gasteiger partial charge in [-0.15, -0.1) is 12.4 Å². The Balaban J connectivity index is 0.00000220. The predicted octanol–water partition coefficient (Wildman–Crippen LogP) is 0.507. The van der Waals surface area contributed by atoms with E-state index < -0.39 is 0 Å². The van der Waals surface area contributed by atoms with Gasteiger partial charge in [0.25, 0.3) is 0 Å². The van der Waals surface area contributed by atoms with Crippen molar-refractivity contribution in [3.63, 3.8) is 0 Å². The van der Waals surface area contributed by atoms with Gasteiger partial charge < -0.3 is 16.4 Å². The predicted molar refractivity (Wildman–Crippen MR) is 82.1 cm³/mol. The van der Waals surface area contributed by atoms with Crippen molar-refractivity contribution in [3.8, 4) is 0 Å². The van der Waals surface area contributed by atoms with Gasteiger partial charge in [0.1, 0.15) is 6.54 Å². The maximum Gasteiger partial charge on any atom is 0.241 e. The largest absolute Gasteiger partial charge is 0.358 e. The Hall–Kier alpha value is -1.60. The summed E-state index contributed by atoms with van der Waals surface area (Å²) in [5.74, 6) is -0.176. The molecule has 0 saturated heterocycles. The summed E-state index contributed by atoms with van der Waals surface area (Å²) < 4.78 is 1.49. The van der Waals surface area contributed by atoms with Gasteiger partial charge in [-0.2, -0.15) is 5.10 Å². The van der Waals surface area contributed by atoms with Crippen LogP contribution in [0.3, 0.4) is 0 Å². The summed E-state index contributed by atoms with van der Waals surface area (Å²) in [6.07, 6.45) is 6.80. The zero-order chi connectivity index (χ0) is 14.5. The molecule has 1 aromatic rings. The zero-order valence-electron chi connectivity index (χ0n) is 12.0. The third kappa shape index (κ3) is 5.02. The van der Waals surface area contributed by atoms with E-state index in [4.69, 9.17) is 5.73 Å². The normalized spacial score (nSPS) is 21.2. The molecule has 2 amide bonds. The van der Waals surface area contributed by atoms with E-state index in [2.05, 4.69) is 15.7 Å². The molecular weight excluding hydrogens is 294 g/mol. The second kappa shape index (κ2) is 7.99. The van der Waals surface area contributed by atoms with Crippen LogP contribution in [0.4, 0.5) is 5.69 Å². The Kier molecular flexibility index (Phi) is 6.64. The van der Waals surface area contributed by atoms with Gasteiger partial charge in [0.15, 0.2) is 0 Å². The molecule has 8 heteroatoms. The Morgan fingerprint density at radius 2 is 2.24 bits per heavy atom. The lowest BCUT2D eigenvalue weighted by atomic mass is 9.85. The van der Waals surface area contributed by atoms with E-state index in [1.54, 1.807) is 19.4 Å². The van der Waals surface area contributed by atoms with E-state index in [0.29, 0.717) is 5.69 Å². The standard InChI is InChI=1S/C13H21N5O2.ClH/c1-15-12(19)8-18-7-11(6-16-18)17-13(20)9-3-2-4-10(14)5-9;/h6-7,9-10H,2-5,8,14H2,1H3,(H,15,19)(H,17,20);1H. The molecule has 1 saturated carbocycles. The Morgan fingerprint density at radius 3 is 2.90 bits per heavy atom. The highest BCUT2D eigenvalue weighted by Gasteiger charge is 2.25. The van der Waals surface area contributed by atoms with E-state index in [-0.39, 0.29) is 42.7 Å². The molecule has 4 N–H and O–H groups in total. The highest BCUT2D eigenvalue weighted by molar-refractivity contribution is 5.92. The first-order valence-corrected chi connectivity index (χ1v) is 6.88. The van der Waals surface area contributed by atoms with Crippen LogP contribution >= 0.6 is 12.4 Å². The zero-order valence-corrected chi connectivity index (χ0v) is 12.9. The van der Waals surface area contributed by atoms with Crippen LogP contribution in [0.15, 0.2) is 12.4 Å². The number of nitrogens with one attached hydrogen (secondary N) is 2. The monoisotopic (exact) mass is 315 g/mol. The highest BCUT2D eigenvalue weighted by atomic mass is 35.5. The summed E-state index contributed by atoms with van der Waals surface area (Å²) in [5.41, 5.74) is 6.50. The number of hydrogen-bond acceptors (Lipinski definition) is 4. The van der Waals surface area contributed by atoms with Gasteiger partial charge in [0.05, 0.1) is 11.9 Å². The molecule has 2 unspecified atom stereocenters. The number of carbonyl (C=O) groups excluding carboxylic acids is 2. The smallest absolute Gasteiger partial charge is 0.241 e. The SMILES string of the molecule is CNC(=O)Cn1cc(NC(=O)C2CCCC(N)C2)cn1.Cl. The van der Waals surface area contributed by atoms with Crippen molar-refractivity contribution in [1.82, 2.24) is 15.1 Å². The number of anilines is 1. The van der Waals surface area contributed by atoms with Crippen molar-refractivity contribution in [2.75, 3.05) is 12.4 Å². The molecule has 0 aliphatic heterocycles. The minimum absolute atomic E-state index is 0. The second-order valence-electron chi connectivity index (χ2n) is 5.21. The molecule has 1 aromatic heterocycles. The summed E-state index contributed by atoms with van der Waals surface area (Å²) in [6, 6.07) is 0.121. The lowest BCUT2D eigenvalue weighted by molar-refractivity contribution is -0.121. The van der Waals surface area contributed by atoms with Gasteiger partial charge >= 0.3 is 0 Å². The minimum atomic E-state index is -0.135. The summed E-state index contributed by atoms with van der Waals surface area (Å²) in [7, 11) is 1.57. The Labute approximate surface area is 130 Å². The van der Waals surface area contributed by atoms with Gasteiger partial charge in [-0.05, 0) is 19.3 Å². The molecule has 2 atom stereocenters. The van der Waals surface area contributed by atoms with Crippen LogP contribution in [0.25, 0.3) is 0 Å². The van der Waals surface area contributed by atoms with Crippen LogP contribution in [0.1, 0.15) is 25.7 Å². The van der Waals surface area contributed by atoms with Crippen molar-refractivity contribution in [2.45, 2.75) is 38.3 Å². The maximum absolute atomic E-state index is 12.1. The van der Waals surface area contributed by atoms with E-state index in [9.17, 15) is 9.59 Å². The number of aromatic nitrogens is 2. The quantitative estimate of drug-likeness (QED) is 0.753. The van der Waals surface area contributed by atoms with Gasteiger partial charge in [0.2, 0.25) is 11.8 Å². The summed E-state index contributed by atoms with van der Waals surface area (Å²) in [5, 5.41) is 9.39. The van der Waals surface area contributed by atoms with E-state index in [1.165, 1.54) is 4.68 Å². The Bertz CT molecular complexity index is 491. The average molecular weight is 316 g/mol. The Morgan fingerprint density at radius 1 is 1.48 bits per heavy atom. The number of nitrogens with two attached hydrogens (primary N) is 1. The van der Waals surface area contributed by atoms with Crippen LogP contribution < -0.4 is 16.4 Å². The van der Waals surface area contributed by atoms with Crippen LogP contribution in [-0.2, 0) is 16.1 Å². The van der Waals surface area contributed by atoms with Crippen LogP contribution in [-0.4, -0.2) is 34.7 Å². The fraction of sp³-hybridized carbons (Fsp3) is 0.615. The third-order valence-electron chi connectivity index (χ3n) is 3.57. The fourth-order valence-electron chi connectivity index (χ4n) is 2.45. The van der Waals surface area contributed by atoms with Crippen LogP contribution in [0.2, 0.25) is 0 Å². The van der Waals surface area contributed by atoms with Crippen molar-refractivity contribution < 1.29 is 9.59 Å². The highest BCUT2D eigenvalue weighted by Crippen LogP contribution is 2.24. The molecule has 21 heavy (non-hydrogen) atoms. The maximum atomic E-state index is 12.1. The number of amides is 2. The van der Waals surface area contributed by atoms with Gasteiger partial charge in [-0.3, -0.25) is 14.3 Å². The lowest BCUT2D eigenvalue weighted by Crippen LogP contribution is -2.34. The number of halogens is 1. The first-order chi connectivity index (χ1) is 9.58. The summed E-state index contributed by atoms with van der Waals surface area (Å²) in [4.78, 5) is 23.3. The van der Waals surface area contributed by atoms with E-state index in [1.807, 2.05) is 0 Å². The molecule has 0 spiro atoms. The van der Waals surface area contributed by atoms with Gasteiger partial charge in [-0.25, -0.2) is 0 Å². The number of hydrogen-bond donors (Lipinski definition) is 3. The fourth-order valence-corrected chi connectivity index (χ4v) is 2.45. The molecule has 0 bridgehead atoms. The first kappa shape index (κ1) is 17.5. The molecule has 7 nitrogen and oxygen atoms in total. The lowest BCUT2D eigenvalue weighted by Gasteiger charge is -2.25. The molecular formula is C13H22ClN5O2.